The summed E-state index contributed by atoms with van der Waals surface area (Å²) in [5.74, 6) is 1.74. The van der Waals surface area contributed by atoms with E-state index >= 15 is 0 Å². The number of nitrogens with two attached hydrogens (primary N) is 1. The second-order valence-electron chi connectivity index (χ2n) is 4.92. The van der Waals surface area contributed by atoms with Crippen LogP contribution in [0, 0.1) is 0 Å². The molecule has 4 nitrogen and oxygen atoms in total. The Kier molecular flexibility index (Phi) is 2.52. The van der Waals surface area contributed by atoms with Crippen molar-refractivity contribution in [2.24, 2.45) is 5.73 Å². The average Bonchev–Trinajstić information content (AvgIpc) is 2.63. The molecule has 1 unspecified atom stereocenters. The summed E-state index contributed by atoms with van der Waals surface area (Å²) in [6, 6.07) is 2.46. The van der Waals surface area contributed by atoms with Crippen LogP contribution >= 0.6 is 0 Å². The molecule has 0 spiro atoms. The van der Waals surface area contributed by atoms with Gasteiger partial charge in [0.2, 0.25) is 0 Å². The van der Waals surface area contributed by atoms with Gasteiger partial charge in [0.05, 0.1) is 0 Å². The van der Waals surface area contributed by atoms with Gasteiger partial charge in [-0.1, -0.05) is 6.42 Å². The Morgan fingerprint density at radius 3 is 2.75 bits per heavy atom. The first-order valence-corrected chi connectivity index (χ1v) is 6.15. The molecule has 4 heteroatoms. The number of hydrogen-bond acceptors (Lipinski definition) is 4. The maximum absolute atomic E-state index is 5.91. The van der Waals surface area contributed by atoms with Crippen LogP contribution < -0.4 is 10.6 Å². The summed E-state index contributed by atoms with van der Waals surface area (Å²) in [4.78, 5) is 11.0. The highest BCUT2D eigenvalue weighted by Crippen LogP contribution is 2.36. The summed E-state index contributed by atoms with van der Waals surface area (Å²) in [5, 5.41) is 0. The molecule has 0 radical (unpaired) electrons. The van der Waals surface area contributed by atoms with Gasteiger partial charge in [-0.2, -0.15) is 0 Å². The van der Waals surface area contributed by atoms with Gasteiger partial charge in [-0.05, 0) is 19.3 Å². The van der Waals surface area contributed by atoms with Crippen LogP contribution in [0.3, 0.4) is 0 Å². The van der Waals surface area contributed by atoms with Crippen molar-refractivity contribution in [3.8, 4) is 0 Å². The molecule has 16 heavy (non-hydrogen) atoms. The lowest BCUT2D eigenvalue weighted by atomic mass is 9.83. The van der Waals surface area contributed by atoms with E-state index in [4.69, 9.17) is 5.73 Å². The zero-order valence-electron chi connectivity index (χ0n) is 9.47. The standard InChI is InChI=1S/C12H18N4/c13-10-4-5-16(7-10)12-6-11(14-8-15-12)9-2-1-3-9/h6,8-10H,1-5,7,13H2. The molecule has 1 saturated carbocycles. The van der Waals surface area contributed by atoms with Crippen molar-refractivity contribution in [2.75, 3.05) is 18.0 Å². The first-order valence-electron chi connectivity index (χ1n) is 6.15. The van der Waals surface area contributed by atoms with Crippen LogP contribution in [-0.2, 0) is 0 Å². The average molecular weight is 218 g/mol. The first kappa shape index (κ1) is 10.0. The molecule has 1 aromatic rings. The Balaban J connectivity index is 1.79. The van der Waals surface area contributed by atoms with Gasteiger partial charge in [-0.15, -0.1) is 0 Å². The summed E-state index contributed by atoms with van der Waals surface area (Å²) < 4.78 is 0. The van der Waals surface area contributed by atoms with Gasteiger partial charge >= 0.3 is 0 Å². The highest BCUT2D eigenvalue weighted by molar-refractivity contribution is 5.41. The lowest BCUT2D eigenvalue weighted by Crippen LogP contribution is -2.27. The van der Waals surface area contributed by atoms with Crippen molar-refractivity contribution in [2.45, 2.75) is 37.6 Å². The molecule has 0 amide bonds. The minimum Gasteiger partial charge on any atom is -0.355 e. The molecule has 1 atom stereocenters. The number of nitrogens with zero attached hydrogens (tertiary/aromatic N) is 3. The molecule has 3 rings (SSSR count). The Hall–Kier alpha value is -1.16. The van der Waals surface area contributed by atoms with Crippen molar-refractivity contribution in [3.05, 3.63) is 18.1 Å². The molecule has 1 aliphatic heterocycles. The van der Waals surface area contributed by atoms with Crippen molar-refractivity contribution in [1.29, 1.82) is 0 Å². The van der Waals surface area contributed by atoms with E-state index < -0.39 is 0 Å². The summed E-state index contributed by atoms with van der Waals surface area (Å²) in [5.41, 5.74) is 7.13. The molecular weight excluding hydrogens is 200 g/mol. The van der Waals surface area contributed by atoms with E-state index in [0.29, 0.717) is 12.0 Å². The summed E-state index contributed by atoms with van der Waals surface area (Å²) in [6.07, 6.45) is 6.69. The lowest BCUT2D eigenvalue weighted by Gasteiger charge is -2.25. The number of aromatic nitrogens is 2. The predicted octanol–water partition coefficient (Wildman–Crippen LogP) is 1.28. The second kappa shape index (κ2) is 4.01. The largest absolute Gasteiger partial charge is 0.355 e. The van der Waals surface area contributed by atoms with E-state index in [0.717, 1.165) is 25.3 Å². The summed E-state index contributed by atoms with van der Waals surface area (Å²) in [6.45, 7) is 1.96. The molecule has 1 saturated heterocycles. The molecule has 2 heterocycles. The Bertz CT molecular complexity index is 375. The molecular formula is C12H18N4. The highest BCUT2D eigenvalue weighted by atomic mass is 15.2. The number of anilines is 1. The van der Waals surface area contributed by atoms with Gasteiger partial charge in [-0.25, -0.2) is 9.97 Å². The van der Waals surface area contributed by atoms with Gasteiger partial charge in [0.1, 0.15) is 12.1 Å². The van der Waals surface area contributed by atoms with Crippen LogP contribution in [0.15, 0.2) is 12.4 Å². The van der Waals surface area contributed by atoms with Crippen LogP contribution in [0.5, 0.6) is 0 Å². The topological polar surface area (TPSA) is 55.0 Å². The van der Waals surface area contributed by atoms with Gasteiger partial charge in [0, 0.05) is 36.8 Å². The molecule has 86 valence electrons. The van der Waals surface area contributed by atoms with E-state index in [1.807, 2.05) is 0 Å². The molecule has 0 bridgehead atoms. The molecule has 2 aliphatic rings. The third-order valence-electron chi connectivity index (χ3n) is 3.75. The van der Waals surface area contributed by atoms with Crippen molar-refractivity contribution >= 4 is 5.82 Å². The fourth-order valence-corrected chi connectivity index (χ4v) is 2.46. The molecule has 2 N–H and O–H groups in total. The fourth-order valence-electron chi connectivity index (χ4n) is 2.46. The minimum absolute atomic E-state index is 0.308. The zero-order chi connectivity index (χ0) is 11.0. The quantitative estimate of drug-likeness (QED) is 0.812. The van der Waals surface area contributed by atoms with Crippen LogP contribution in [0.4, 0.5) is 5.82 Å². The Morgan fingerprint density at radius 2 is 2.12 bits per heavy atom. The van der Waals surface area contributed by atoms with Gasteiger partial charge < -0.3 is 10.6 Å². The minimum atomic E-state index is 0.308. The van der Waals surface area contributed by atoms with Gasteiger partial charge in [0.15, 0.2) is 0 Å². The third-order valence-corrected chi connectivity index (χ3v) is 3.75. The molecule has 0 aromatic carbocycles. The van der Waals surface area contributed by atoms with Crippen molar-refractivity contribution < 1.29 is 0 Å². The van der Waals surface area contributed by atoms with Gasteiger partial charge in [0.25, 0.3) is 0 Å². The second-order valence-corrected chi connectivity index (χ2v) is 4.92. The van der Waals surface area contributed by atoms with E-state index in [1.165, 1.54) is 25.0 Å². The van der Waals surface area contributed by atoms with Crippen molar-refractivity contribution in [3.63, 3.8) is 0 Å². The van der Waals surface area contributed by atoms with Crippen LogP contribution in [0.25, 0.3) is 0 Å². The van der Waals surface area contributed by atoms with E-state index in [-0.39, 0.29) is 0 Å². The van der Waals surface area contributed by atoms with E-state index in [9.17, 15) is 0 Å². The smallest absolute Gasteiger partial charge is 0.132 e. The van der Waals surface area contributed by atoms with Crippen LogP contribution in [0.2, 0.25) is 0 Å². The summed E-state index contributed by atoms with van der Waals surface area (Å²) >= 11 is 0. The maximum atomic E-state index is 5.91. The number of hydrogen-bond donors (Lipinski definition) is 1. The highest BCUT2D eigenvalue weighted by Gasteiger charge is 2.24. The SMILES string of the molecule is NC1CCN(c2cc(C3CCC3)ncn2)C1. The maximum Gasteiger partial charge on any atom is 0.132 e. The van der Waals surface area contributed by atoms with Crippen LogP contribution in [-0.4, -0.2) is 29.1 Å². The molecule has 1 aromatic heterocycles. The van der Waals surface area contributed by atoms with Gasteiger partial charge in [-0.3, -0.25) is 0 Å². The third kappa shape index (κ3) is 1.78. The predicted molar refractivity (Wildman–Crippen MR) is 63.4 cm³/mol. The number of rotatable bonds is 2. The molecule has 2 fully saturated rings. The van der Waals surface area contributed by atoms with E-state index in [1.54, 1.807) is 6.33 Å². The monoisotopic (exact) mass is 218 g/mol. The first-order chi connectivity index (χ1) is 7.83. The molecule has 1 aliphatic carbocycles. The van der Waals surface area contributed by atoms with E-state index in [2.05, 4.69) is 20.9 Å². The zero-order valence-corrected chi connectivity index (χ0v) is 9.47. The normalized spacial score (nSPS) is 25.8. The van der Waals surface area contributed by atoms with Crippen molar-refractivity contribution in [1.82, 2.24) is 9.97 Å². The van der Waals surface area contributed by atoms with Crippen LogP contribution in [0.1, 0.15) is 37.3 Å². The lowest BCUT2D eigenvalue weighted by molar-refractivity contribution is 0.410. The Morgan fingerprint density at radius 1 is 1.25 bits per heavy atom. The fraction of sp³-hybridized carbons (Fsp3) is 0.667. The Labute approximate surface area is 95.9 Å². The summed E-state index contributed by atoms with van der Waals surface area (Å²) in [7, 11) is 0.